The number of carbonyl (C=O) groups is 4. The number of allylic oxidation sites excluding steroid dienone is 5. The van der Waals surface area contributed by atoms with E-state index in [1.165, 1.54) is 40.0 Å². The Morgan fingerprint density at radius 1 is 0.422 bits per heavy atom. The molecule has 2 aliphatic heterocycles. The molecule has 0 radical (unpaired) electrons. The number of piperazine rings is 2. The zero-order chi connectivity index (χ0) is 73.6. The highest BCUT2D eigenvalue weighted by atomic mass is 35.5. The molecule has 1 amide bonds. The van der Waals surface area contributed by atoms with Crippen LogP contribution in [-0.2, 0) is 20.8 Å². The topological polar surface area (TPSA) is 241 Å². The Balaban J connectivity index is 0.000000217. The van der Waals surface area contributed by atoms with Gasteiger partial charge in [0.05, 0.1) is 105 Å². The molecule has 2 heterocycles. The van der Waals surface area contributed by atoms with Crippen LogP contribution in [0.1, 0.15) is 94.9 Å². The second-order valence-corrected chi connectivity index (χ2v) is 24.2. The summed E-state index contributed by atoms with van der Waals surface area (Å²) in [5.41, 5.74) is 16.4. The number of aldehydes is 1. The van der Waals surface area contributed by atoms with Crippen molar-refractivity contribution in [3.8, 4) is 69.0 Å². The van der Waals surface area contributed by atoms with Gasteiger partial charge in [-0.3, -0.25) is 19.2 Å². The van der Waals surface area contributed by atoms with Gasteiger partial charge in [-0.2, -0.15) is 0 Å². The zero-order valence-corrected chi connectivity index (χ0v) is 62.4. The molecule has 0 aromatic heterocycles. The highest BCUT2D eigenvalue weighted by Crippen LogP contribution is 2.49. The van der Waals surface area contributed by atoms with Crippen molar-refractivity contribution in [1.82, 2.24) is 20.0 Å². The molecule has 11 rings (SSSR count). The number of nitrogens with zero attached hydrogens (tertiary/aromatic N) is 3. The molecule has 0 atom stereocenters. The Kier molecular flexibility index (Phi) is 30.6. The molecule has 3 N–H and O–H groups in total. The fourth-order valence-corrected chi connectivity index (χ4v) is 12.5. The van der Waals surface area contributed by atoms with Crippen molar-refractivity contribution in [3.05, 3.63) is 158 Å². The summed E-state index contributed by atoms with van der Waals surface area (Å²) in [4.78, 5) is 52.6. The van der Waals surface area contributed by atoms with Gasteiger partial charge in [0.1, 0.15) is 23.5 Å². The number of amides is 1. The van der Waals surface area contributed by atoms with Crippen LogP contribution in [0.2, 0.25) is 0 Å². The summed E-state index contributed by atoms with van der Waals surface area (Å²) >= 11 is 0. The predicted molar refractivity (Wildman–Crippen MR) is 401 cm³/mol. The molecule has 2 fully saturated rings. The number of carboxylic acids is 2. The lowest BCUT2D eigenvalue weighted by Crippen LogP contribution is -2.47. The molecule has 0 spiro atoms. The van der Waals surface area contributed by atoms with E-state index < -0.39 is 11.9 Å². The van der Waals surface area contributed by atoms with E-state index in [-0.39, 0.29) is 31.2 Å². The first-order valence-corrected chi connectivity index (χ1v) is 32.8. The maximum atomic E-state index is 13.2. The Labute approximate surface area is 605 Å². The van der Waals surface area contributed by atoms with Crippen LogP contribution in [-0.4, -0.2) is 201 Å². The zero-order valence-electron chi connectivity index (χ0n) is 61.6. The molecule has 6 aromatic carbocycles. The van der Waals surface area contributed by atoms with Crippen LogP contribution >= 0.6 is 12.4 Å². The largest absolute Gasteiger partial charge is 0.497 e. The summed E-state index contributed by atoms with van der Waals surface area (Å²) < 4.78 is 64.0. The average Bonchev–Trinajstić information content (AvgIpc) is 1.63. The first-order valence-electron chi connectivity index (χ1n) is 32.8. The molecular formula is C79H97ClN4O18. The van der Waals surface area contributed by atoms with Crippen LogP contribution in [0.4, 0.5) is 0 Å². The van der Waals surface area contributed by atoms with E-state index in [1.807, 2.05) is 97.6 Å². The molecule has 0 bridgehead atoms. The minimum Gasteiger partial charge on any atom is -0.497 e. The summed E-state index contributed by atoms with van der Waals surface area (Å²) in [5.74, 6) is 5.56. The fourth-order valence-electron chi connectivity index (χ4n) is 12.5. The Morgan fingerprint density at radius 3 is 1.12 bits per heavy atom. The number of hydrogen-bond donors (Lipinski definition) is 3. The van der Waals surface area contributed by atoms with E-state index in [0.29, 0.717) is 69.5 Å². The van der Waals surface area contributed by atoms with E-state index in [0.717, 1.165) is 147 Å². The van der Waals surface area contributed by atoms with Crippen molar-refractivity contribution in [2.75, 3.05) is 152 Å². The van der Waals surface area contributed by atoms with Crippen LogP contribution in [0, 0.1) is 0 Å². The number of halogens is 1. The van der Waals surface area contributed by atoms with E-state index >= 15 is 0 Å². The third kappa shape index (κ3) is 19.9. The second-order valence-electron chi connectivity index (χ2n) is 24.2. The van der Waals surface area contributed by atoms with Gasteiger partial charge in [-0.25, -0.2) is 0 Å². The number of nitrogens with one attached hydrogen (secondary N) is 1. The first kappa shape index (κ1) is 80.8. The number of ether oxygens (including phenoxy) is 12. The third-order valence-corrected chi connectivity index (χ3v) is 18.0. The molecule has 23 heteroatoms. The first-order chi connectivity index (χ1) is 48.6. The number of rotatable bonds is 21. The lowest BCUT2D eigenvalue weighted by atomic mass is 10.00. The summed E-state index contributed by atoms with van der Waals surface area (Å²) in [6, 6.07) is 28.4. The number of hydrogen-bond acceptors (Lipinski definition) is 19. The highest BCUT2D eigenvalue weighted by Gasteiger charge is 2.30. The van der Waals surface area contributed by atoms with Crippen molar-refractivity contribution in [2.24, 2.45) is 0 Å². The molecule has 2 saturated heterocycles. The molecule has 6 aromatic rings. The van der Waals surface area contributed by atoms with E-state index in [1.54, 1.807) is 76.1 Å². The monoisotopic (exact) mass is 1420 g/mol. The Hall–Kier alpha value is -10.1. The quantitative estimate of drug-likeness (QED) is 0.0567. The van der Waals surface area contributed by atoms with E-state index in [4.69, 9.17) is 61.9 Å². The van der Waals surface area contributed by atoms with Gasteiger partial charge in [0, 0.05) is 57.9 Å². The summed E-state index contributed by atoms with van der Waals surface area (Å²) in [6.07, 6.45) is 6.08. The number of fused-ring (bicyclic) bond motifs is 3. The molecule has 22 nitrogen and oxygen atoms in total. The number of methoxy groups -OCH3 is 12. The normalized spacial score (nSPS) is 15.0. The maximum Gasteiger partial charge on any atom is 0.307 e. The summed E-state index contributed by atoms with van der Waals surface area (Å²) in [7, 11) is 23.2. The number of carboxylic acid groups (broad SMARTS) is 2. The molecule has 3 aliphatic carbocycles. The summed E-state index contributed by atoms with van der Waals surface area (Å²) in [5, 5.41) is 21.5. The van der Waals surface area contributed by atoms with Gasteiger partial charge in [0.15, 0.2) is 34.5 Å². The van der Waals surface area contributed by atoms with Crippen molar-refractivity contribution in [3.63, 3.8) is 0 Å². The minimum absolute atomic E-state index is 0. The average molecular weight is 1430 g/mol. The fraction of sp³-hybridized carbons (Fsp3) is 0.367. The number of carbonyl (C=O) groups excluding carboxylic acids is 2. The number of aliphatic carboxylic acids is 2. The van der Waals surface area contributed by atoms with Crippen LogP contribution in [0.5, 0.6) is 69.0 Å². The van der Waals surface area contributed by atoms with Gasteiger partial charge in [0.25, 0.3) is 0 Å². The second kappa shape index (κ2) is 38.6. The van der Waals surface area contributed by atoms with Crippen molar-refractivity contribution >= 4 is 76.6 Å². The third-order valence-electron chi connectivity index (χ3n) is 18.0. The molecule has 5 aliphatic rings. The molecule has 102 heavy (non-hydrogen) atoms. The Morgan fingerprint density at radius 2 is 0.775 bits per heavy atom. The number of likely N-dealkylation sites (N-methyl/N-ethyl adjacent to an activating group) is 2. The lowest BCUT2D eigenvalue weighted by molar-refractivity contribution is -0.136. The molecular weight excluding hydrogens is 1330 g/mol. The number of benzene rings is 6. The summed E-state index contributed by atoms with van der Waals surface area (Å²) in [6.45, 7) is 14.1. The van der Waals surface area contributed by atoms with Crippen molar-refractivity contribution < 1.29 is 86.2 Å². The van der Waals surface area contributed by atoms with E-state index in [2.05, 4.69) is 48.3 Å². The Bertz CT molecular complexity index is 4050. The predicted octanol–water partition coefficient (Wildman–Crippen LogP) is 12.7. The van der Waals surface area contributed by atoms with E-state index in [9.17, 15) is 24.3 Å². The lowest BCUT2D eigenvalue weighted by Gasteiger charge is -2.32. The van der Waals surface area contributed by atoms with Crippen molar-refractivity contribution in [2.45, 2.75) is 46.5 Å². The van der Waals surface area contributed by atoms with Crippen LogP contribution in [0.15, 0.2) is 108 Å². The SMILES string of the molecule is CN1CCNCC1.COc1cc(C=O)cc(OC)c1OC.COc1ccc2c(c1)C(CC(=O)N1CCN(C)CC1)=C(C)/C2=C/c1cc(OC)c(OC)c(OC)c1.COc1ccc2c(c1)C(CC(=O)O)=C(C)/C2=C/c1cc(OC)c(OC)c(OC)c1.COc1ccc2c(c1)C(CC(=O)O)=C(C)C2.Cl. The standard InChI is InChI=1S/C28H34N2O5.C23H24O6.C13H14O3.C10H12O4.C5H12N2.ClH/c1-18-22(13-19-14-25(33-4)28(35-6)26(15-19)34-5)21-8-7-20(32-3)16-24(21)23(18)17-27(31)30-11-9-29(2)10-12-30;1-13-17(8-14-9-20(27-3)23(29-5)21(10-14)28-4)16-7-6-15(26-2)11-19(16)18(13)12-22(24)25;1-8-5-9-3-4-10(16-2)6-12(9)11(8)7-13(14)15;1-12-8-4-7(6-11)5-9(13-2)10(8)14-3;1-7-4-2-6-3-5-7;/h7-8,13-16H,9-12,17H2,1-6H3;6-11H,12H2,1-5H3,(H,24,25);3-4,6H,5,7H2,1-2H3,(H,14,15);4-6H,1-3H3;6H,2-5H2,1H3;1H/b22-13-;17-8-;;;;. The van der Waals surface area contributed by atoms with Gasteiger partial charge in [-0.05, 0) is 210 Å². The van der Waals surface area contributed by atoms with Crippen molar-refractivity contribution in [1.29, 1.82) is 0 Å². The molecule has 0 unspecified atom stereocenters. The van der Waals surface area contributed by atoms with Gasteiger partial charge in [0.2, 0.25) is 23.2 Å². The van der Waals surface area contributed by atoms with Crippen LogP contribution in [0.3, 0.4) is 0 Å². The van der Waals surface area contributed by atoms with Gasteiger partial charge in [-0.15, -0.1) is 12.4 Å². The highest BCUT2D eigenvalue weighted by molar-refractivity contribution is 6.09. The maximum absolute atomic E-state index is 13.2. The van der Waals surface area contributed by atoms with Gasteiger partial charge < -0.3 is 87.1 Å². The van der Waals surface area contributed by atoms with Gasteiger partial charge >= 0.3 is 11.9 Å². The minimum atomic E-state index is -0.873. The van der Waals surface area contributed by atoms with Gasteiger partial charge in [-0.1, -0.05) is 23.8 Å². The smallest absolute Gasteiger partial charge is 0.307 e. The van der Waals surface area contributed by atoms with Crippen LogP contribution in [0.25, 0.3) is 40.0 Å². The van der Waals surface area contributed by atoms with Crippen LogP contribution < -0.4 is 62.2 Å². The molecule has 548 valence electrons. The molecule has 0 saturated carbocycles.